The van der Waals surface area contributed by atoms with Gasteiger partial charge in [0.05, 0.1) is 22.4 Å². The van der Waals surface area contributed by atoms with Gasteiger partial charge in [-0.1, -0.05) is 6.07 Å². The molecule has 118 valence electrons. The van der Waals surface area contributed by atoms with E-state index in [4.69, 9.17) is 11.6 Å². The first-order valence-electron chi connectivity index (χ1n) is 7.11. The van der Waals surface area contributed by atoms with Crippen molar-refractivity contribution in [3.63, 3.8) is 0 Å². The first-order chi connectivity index (χ1) is 11.2. The highest BCUT2D eigenvalue weighted by molar-refractivity contribution is 7.15. The zero-order chi connectivity index (χ0) is 16.0. The van der Waals surface area contributed by atoms with Crippen molar-refractivity contribution in [1.29, 1.82) is 0 Å². The van der Waals surface area contributed by atoms with Crippen molar-refractivity contribution >= 4 is 40.4 Å². The van der Waals surface area contributed by atoms with Gasteiger partial charge in [-0.2, -0.15) is 4.98 Å². The van der Waals surface area contributed by atoms with Crippen LogP contribution in [0.1, 0.15) is 11.3 Å². The van der Waals surface area contributed by atoms with E-state index < -0.39 is 12.1 Å². The van der Waals surface area contributed by atoms with E-state index in [0.717, 1.165) is 15.4 Å². The Morgan fingerprint density at radius 2 is 2.26 bits per heavy atom. The summed E-state index contributed by atoms with van der Waals surface area (Å²) in [6.07, 6.45) is -0.761. The molecule has 5 nitrogen and oxygen atoms in total. The molecule has 23 heavy (non-hydrogen) atoms. The van der Waals surface area contributed by atoms with Crippen LogP contribution >= 0.6 is 22.9 Å². The van der Waals surface area contributed by atoms with Gasteiger partial charge in [0.15, 0.2) is 5.65 Å². The first kappa shape index (κ1) is 14.6. The molecule has 0 bridgehead atoms. The monoisotopic (exact) mass is 350 g/mol. The maximum Gasteiger partial charge on any atom is 0.249 e. The van der Waals surface area contributed by atoms with E-state index in [1.807, 2.05) is 24.3 Å². The zero-order valence-electron chi connectivity index (χ0n) is 11.9. The topological polar surface area (TPSA) is 59.3 Å². The number of thiophene rings is 1. The smallest absolute Gasteiger partial charge is 0.249 e. The lowest BCUT2D eigenvalue weighted by atomic mass is 10.3. The summed E-state index contributed by atoms with van der Waals surface area (Å²) in [6, 6.07) is 9.56. The number of aromatic nitrogens is 3. The highest BCUT2D eigenvalue weighted by Gasteiger charge is 2.44. The number of amides is 1. The fourth-order valence-corrected chi connectivity index (χ4v) is 3.49. The molecule has 1 fully saturated rings. The van der Waals surface area contributed by atoms with Crippen LogP contribution < -0.4 is 5.32 Å². The van der Waals surface area contributed by atoms with Gasteiger partial charge in [0.25, 0.3) is 0 Å². The van der Waals surface area contributed by atoms with Crippen molar-refractivity contribution in [1.82, 2.24) is 14.6 Å². The second-order valence-corrected chi connectivity index (χ2v) is 6.80. The van der Waals surface area contributed by atoms with Gasteiger partial charge in [0.2, 0.25) is 11.9 Å². The van der Waals surface area contributed by atoms with Crippen molar-refractivity contribution in [2.24, 2.45) is 5.92 Å². The molecule has 0 aromatic carbocycles. The molecule has 0 aliphatic heterocycles. The van der Waals surface area contributed by atoms with Crippen LogP contribution in [-0.4, -0.2) is 26.7 Å². The molecule has 0 unspecified atom stereocenters. The molecular formula is C15H12ClFN4OS. The molecule has 4 rings (SSSR count). The summed E-state index contributed by atoms with van der Waals surface area (Å²) in [5.74, 6) is -0.277. The van der Waals surface area contributed by atoms with Crippen LogP contribution in [0.3, 0.4) is 0 Å². The summed E-state index contributed by atoms with van der Waals surface area (Å²) < 4.78 is 14.6. The summed E-state index contributed by atoms with van der Waals surface area (Å²) in [5, 5.41) is 6.90. The highest BCUT2D eigenvalue weighted by atomic mass is 35.5. The third-order valence-corrected chi connectivity index (χ3v) is 5.24. The maximum absolute atomic E-state index is 12.9. The Bertz CT molecular complexity index is 893. The highest BCUT2D eigenvalue weighted by Crippen LogP contribution is 2.34. The third-order valence-electron chi connectivity index (χ3n) is 3.69. The number of hydrogen-bond acceptors (Lipinski definition) is 4. The van der Waals surface area contributed by atoms with Crippen LogP contribution in [0.25, 0.3) is 16.2 Å². The van der Waals surface area contributed by atoms with Gasteiger partial charge >= 0.3 is 0 Å². The quantitative estimate of drug-likeness (QED) is 0.733. The predicted molar refractivity (Wildman–Crippen MR) is 87.5 cm³/mol. The van der Waals surface area contributed by atoms with E-state index in [-0.39, 0.29) is 18.3 Å². The Kier molecular flexibility index (Phi) is 3.54. The van der Waals surface area contributed by atoms with Gasteiger partial charge in [0, 0.05) is 4.88 Å². The van der Waals surface area contributed by atoms with Crippen LogP contribution in [0.4, 0.5) is 10.3 Å². The fourth-order valence-electron chi connectivity index (χ4n) is 2.37. The number of halogens is 2. The number of nitrogens with zero attached hydrogens (tertiary/aromatic N) is 3. The van der Waals surface area contributed by atoms with Gasteiger partial charge in [-0.05, 0) is 30.7 Å². The maximum atomic E-state index is 12.9. The summed E-state index contributed by atoms with van der Waals surface area (Å²) in [7, 11) is 0. The van der Waals surface area contributed by atoms with E-state index >= 15 is 0 Å². The van der Waals surface area contributed by atoms with E-state index in [0.29, 0.717) is 11.5 Å². The van der Waals surface area contributed by atoms with Crippen LogP contribution in [0.2, 0.25) is 0 Å². The number of carbonyl (C=O) groups is 1. The average Bonchev–Trinajstić information content (AvgIpc) is 2.97. The number of anilines is 1. The molecule has 0 radical (unpaired) electrons. The van der Waals surface area contributed by atoms with E-state index in [9.17, 15) is 9.18 Å². The molecule has 1 saturated carbocycles. The third kappa shape index (κ3) is 2.70. The molecule has 3 heterocycles. The van der Waals surface area contributed by atoms with Crippen molar-refractivity contribution in [2.75, 3.05) is 5.32 Å². The number of rotatable bonds is 4. The average molecular weight is 351 g/mol. The van der Waals surface area contributed by atoms with Gasteiger partial charge in [0.1, 0.15) is 6.17 Å². The molecule has 1 amide bonds. The molecule has 1 aliphatic rings. The Morgan fingerprint density at radius 1 is 1.43 bits per heavy atom. The summed E-state index contributed by atoms with van der Waals surface area (Å²) in [4.78, 5) is 18.2. The Balaban J connectivity index is 1.68. The van der Waals surface area contributed by atoms with Gasteiger partial charge in [-0.25, -0.2) is 8.91 Å². The number of pyridine rings is 1. The number of carbonyl (C=O) groups excluding carboxylic acids is 1. The van der Waals surface area contributed by atoms with Crippen molar-refractivity contribution in [2.45, 2.75) is 18.5 Å². The number of hydrogen-bond donors (Lipinski definition) is 1. The van der Waals surface area contributed by atoms with E-state index in [1.54, 1.807) is 21.9 Å². The molecule has 2 atom stereocenters. The standard InChI is InChI=1S/C15H12ClFN4OS/c16-7-8-4-5-12(23-8)11-2-1-3-13-18-15(20-21(11)13)19-14(22)9-6-10(9)17/h1-5,9-10H,6-7H2,(H,19,20,22)/t9-,10-/m1/s1. The molecule has 8 heteroatoms. The van der Waals surface area contributed by atoms with E-state index in [1.165, 1.54) is 0 Å². The number of nitrogens with one attached hydrogen (secondary N) is 1. The Hall–Kier alpha value is -1.99. The van der Waals surface area contributed by atoms with Crippen LogP contribution in [0.5, 0.6) is 0 Å². The molecule has 1 N–H and O–H groups in total. The molecule has 3 aromatic heterocycles. The Morgan fingerprint density at radius 3 is 2.96 bits per heavy atom. The van der Waals surface area contributed by atoms with Crippen molar-refractivity contribution < 1.29 is 9.18 Å². The lowest BCUT2D eigenvalue weighted by molar-refractivity contribution is -0.117. The predicted octanol–water partition coefficient (Wildman–Crippen LogP) is 3.49. The van der Waals surface area contributed by atoms with Gasteiger partial charge in [-0.15, -0.1) is 28.0 Å². The van der Waals surface area contributed by atoms with Gasteiger partial charge < -0.3 is 0 Å². The van der Waals surface area contributed by atoms with E-state index in [2.05, 4.69) is 15.4 Å². The second kappa shape index (κ2) is 5.58. The largest absolute Gasteiger partial charge is 0.293 e. The van der Waals surface area contributed by atoms with Crippen LogP contribution in [0, 0.1) is 5.92 Å². The molecule has 3 aromatic rings. The molecule has 0 spiro atoms. The minimum atomic E-state index is -1.04. The summed E-state index contributed by atoms with van der Waals surface area (Å²) >= 11 is 7.43. The SMILES string of the molecule is O=C(Nc1nc2cccc(-c3ccc(CCl)s3)n2n1)[C@@H]1C[C@H]1F. The zero-order valence-corrected chi connectivity index (χ0v) is 13.4. The van der Waals surface area contributed by atoms with Crippen LogP contribution in [-0.2, 0) is 10.7 Å². The van der Waals surface area contributed by atoms with Crippen molar-refractivity contribution in [3.8, 4) is 10.6 Å². The Labute approximate surface area is 140 Å². The number of alkyl halides is 2. The minimum absolute atomic E-state index is 0.190. The molecular weight excluding hydrogens is 339 g/mol. The second-order valence-electron chi connectivity index (χ2n) is 5.36. The lowest BCUT2D eigenvalue weighted by Gasteiger charge is -2.00. The molecule has 0 saturated heterocycles. The van der Waals surface area contributed by atoms with Gasteiger partial charge in [-0.3, -0.25) is 10.1 Å². The lowest BCUT2D eigenvalue weighted by Crippen LogP contribution is -2.16. The number of fused-ring (bicyclic) bond motifs is 1. The summed E-state index contributed by atoms with van der Waals surface area (Å²) in [6.45, 7) is 0. The van der Waals surface area contributed by atoms with Crippen LogP contribution in [0.15, 0.2) is 30.3 Å². The first-order valence-corrected chi connectivity index (χ1v) is 8.46. The normalized spacial score (nSPS) is 19.9. The summed E-state index contributed by atoms with van der Waals surface area (Å²) in [5.41, 5.74) is 1.48. The molecule has 1 aliphatic carbocycles. The van der Waals surface area contributed by atoms with Crippen molar-refractivity contribution in [3.05, 3.63) is 35.2 Å². The fraction of sp³-hybridized carbons (Fsp3) is 0.267. The minimum Gasteiger partial charge on any atom is -0.293 e.